The first kappa shape index (κ1) is 17.2. The Hall–Kier alpha value is -2.21. The molecule has 138 valence electrons. The molecule has 26 heavy (non-hydrogen) atoms. The lowest BCUT2D eigenvalue weighted by molar-refractivity contribution is -0.135. The van der Waals surface area contributed by atoms with E-state index in [0.717, 1.165) is 30.8 Å². The number of hydrogen-bond acceptors (Lipinski definition) is 4. The highest BCUT2D eigenvalue weighted by atomic mass is 16.5. The third-order valence-electron chi connectivity index (χ3n) is 5.37. The first-order valence-corrected chi connectivity index (χ1v) is 9.52. The molecule has 1 aliphatic carbocycles. The van der Waals surface area contributed by atoms with Gasteiger partial charge in [-0.05, 0) is 30.7 Å². The van der Waals surface area contributed by atoms with Gasteiger partial charge in [0.1, 0.15) is 11.7 Å². The Morgan fingerprint density at radius 1 is 1.23 bits per heavy atom. The van der Waals surface area contributed by atoms with Gasteiger partial charge in [0, 0.05) is 33.0 Å². The first-order valence-electron chi connectivity index (χ1n) is 9.52. The average molecular weight is 354 g/mol. The fraction of sp³-hybridized carbons (Fsp3) is 0.550. The topological polar surface area (TPSA) is 60.2 Å². The lowest BCUT2D eigenvalue weighted by Gasteiger charge is -2.34. The van der Waals surface area contributed by atoms with Gasteiger partial charge in [-0.25, -0.2) is 0 Å². The Kier molecular flexibility index (Phi) is 5.02. The molecule has 1 aromatic carbocycles. The highest BCUT2D eigenvalue weighted by Crippen LogP contribution is 2.32. The highest BCUT2D eigenvalue weighted by Gasteiger charge is 2.34. The number of aryl methyl sites for hydroxylation is 2. The molecular formula is C20H26N4O2. The molecule has 1 amide bonds. The zero-order valence-corrected chi connectivity index (χ0v) is 15.3. The van der Waals surface area contributed by atoms with Crippen LogP contribution in [0.15, 0.2) is 30.3 Å². The van der Waals surface area contributed by atoms with Crippen LogP contribution in [0.5, 0.6) is 0 Å². The molecule has 1 atom stereocenters. The summed E-state index contributed by atoms with van der Waals surface area (Å²) in [5.74, 6) is 0.882. The summed E-state index contributed by atoms with van der Waals surface area (Å²) in [6, 6.07) is 10.1. The molecule has 0 N–H and O–H groups in total. The van der Waals surface area contributed by atoms with Gasteiger partial charge in [0.15, 0.2) is 0 Å². The van der Waals surface area contributed by atoms with E-state index in [1.165, 1.54) is 18.4 Å². The zero-order valence-electron chi connectivity index (χ0n) is 15.3. The summed E-state index contributed by atoms with van der Waals surface area (Å²) >= 11 is 0. The van der Waals surface area contributed by atoms with Crippen molar-refractivity contribution in [3.8, 4) is 0 Å². The molecule has 0 bridgehead atoms. The second-order valence-electron chi connectivity index (χ2n) is 7.36. The summed E-state index contributed by atoms with van der Waals surface area (Å²) in [4.78, 5) is 14.9. The van der Waals surface area contributed by atoms with E-state index in [1.807, 2.05) is 34.8 Å². The Bertz CT molecular complexity index is 754. The SMILES string of the molecule is Cn1nnc2c1CCN(C(=O)CCc1ccccc1)C2COCC1CC1. The Morgan fingerprint density at radius 3 is 2.81 bits per heavy atom. The van der Waals surface area contributed by atoms with E-state index < -0.39 is 0 Å². The van der Waals surface area contributed by atoms with Gasteiger partial charge >= 0.3 is 0 Å². The summed E-state index contributed by atoms with van der Waals surface area (Å²) in [6.07, 6.45) is 4.61. The van der Waals surface area contributed by atoms with Crippen LogP contribution in [0.3, 0.4) is 0 Å². The number of hydrogen-bond donors (Lipinski definition) is 0. The minimum absolute atomic E-state index is 0.116. The van der Waals surface area contributed by atoms with E-state index in [-0.39, 0.29) is 11.9 Å². The third-order valence-corrected chi connectivity index (χ3v) is 5.37. The largest absolute Gasteiger partial charge is 0.379 e. The quantitative estimate of drug-likeness (QED) is 0.765. The molecule has 6 heteroatoms. The maximum Gasteiger partial charge on any atom is 0.223 e. The third kappa shape index (κ3) is 3.80. The van der Waals surface area contributed by atoms with Crippen LogP contribution in [0.1, 0.15) is 42.3 Å². The molecule has 1 aromatic heterocycles. The van der Waals surface area contributed by atoms with Crippen LogP contribution in [0, 0.1) is 5.92 Å². The van der Waals surface area contributed by atoms with Gasteiger partial charge in [0.25, 0.3) is 0 Å². The minimum Gasteiger partial charge on any atom is -0.379 e. The maximum atomic E-state index is 12.9. The van der Waals surface area contributed by atoms with E-state index in [9.17, 15) is 4.79 Å². The van der Waals surface area contributed by atoms with E-state index in [1.54, 1.807) is 0 Å². The molecule has 2 aromatic rings. The second-order valence-corrected chi connectivity index (χ2v) is 7.36. The number of amides is 1. The molecule has 1 aliphatic heterocycles. The van der Waals surface area contributed by atoms with Crippen LogP contribution in [0.25, 0.3) is 0 Å². The molecular weight excluding hydrogens is 328 g/mol. The van der Waals surface area contributed by atoms with Crippen molar-refractivity contribution in [2.45, 2.75) is 38.1 Å². The minimum atomic E-state index is -0.116. The van der Waals surface area contributed by atoms with Gasteiger partial charge in [-0.2, -0.15) is 0 Å². The fourth-order valence-corrected chi connectivity index (χ4v) is 3.61. The van der Waals surface area contributed by atoms with Crippen LogP contribution in [-0.4, -0.2) is 45.6 Å². The van der Waals surface area contributed by atoms with Gasteiger partial charge in [0.05, 0.1) is 12.3 Å². The van der Waals surface area contributed by atoms with Gasteiger partial charge in [-0.15, -0.1) is 5.10 Å². The predicted octanol–water partition coefficient (Wildman–Crippen LogP) is 2.30. The van der Waals surface area contributed by atoms with Crippen LogP contribution in [0.4, 0.5) is 0 Å². The van der Waals surface area contributed by atoms with E-state index in [4.69, 9.17) is 4.74 Å². The smallest absolute Gasteiger partial charge is 0.223 e. The fourth-order valence-electron chi connectivity index (χ4n) is 3.61. The standard InChI is InChI=1S/C20H26N4O2/c1-23-17-11-12-24(19(25)10-9-15-5-3-2-4-6-15)18(20(17)21-22-23)14-26-13-16-7-8-16/h2-6,16,18H,7-14H2,1H3. The summed E-state index contributed by atoms with van der Waals surface area (Å²) in [5, 5.41) is 8.51. The molecule has 0 spiro atoms. The monoisotopic (exact) mass is 354 g/mol. The van der Waals surface area contributed by atoms with Crippen LogP contribution in [-0.2, 0) is 29.4 Å². The van der Waals surface area contributed by atoms with Crippen molar-refractivity contribution in [3.63, 3.8) is 0 Å². The summed E-state index contributed by atoms with van der Waals surface area (Å²) in [5.41, 5.74) is 3.22. The number of benzene rings is 1. The predicted molar refractivity (Wildman–Crippen MR) is 97.5 cm³/mol. The normalized spacial score (nSPS) is 19.4. The van der Waals surface area contributed by atoms with Crippen molar-refractivity contribution in [2.24, 2.45) is 13.0 Å². The molecule has 2 heterocycles. The highest BCUT2D eigenvalue weighted by molar-refractivity contribution is 5.77. The number of rotatable bonds is 7. The number of nitrogens with zero attached hydrogens (tertiary/aromatic N) is 4. The van der Waals surface area contributed by atoms with Crippen molar-refractivity contribution in [1.82, 2.24) is 19.9 Å². The Morgan fingerprint density at radius 2 is 2.04 bits per heavy atom. The van der Waals surface area contributed by atoms with Crippen molar-refractivity contribution < 1.29 is 9.53 Å². The van der Waals surface area contributed by atoms with Crippen molar-refractivity contribution >= 4 is 5.91 Å². The number of carbonyl (C=O) groups is 1. The Balaban J connectivity index is 1.44. The van der Waals surface area contributed by atoms with Gasteiger partial charge in [-0.1, -0.05) is 35.5 Å². The van der Waals surface area contributed by atoms with Gasteiger partial charge < -0.3 is 9.64 Å². The van der Waals surface area contributed by atoms with Gasteiger partial charge in [-0.3, -0.25) is 9.48 Å². The number of carbonyl (C=O) groups excluding carboxylic acids is 1. The zero-order chi connectivity index (χ0) is 17.9. The number of ether oxygens (including phenoxy) is 1. The molecule has 2 aliphatic rings. The number of fused-ring (bicyclic) bond motifs is 1. The molecule has 1 fully saturated rings. The van der Waals surface area contributed by atoms with E-state index >= 15 is 0 Å². The van der Waals surface area contributed by atoms with E-state index in [0.29, 0.717) is 25.5 Å². The molecule has 4 rings (SSSR count). The van der Waals surface area contributed by atoms with Gasteiger partial charge in [0.2, 0.25) is 5.91 Å². The van der Waals surface area contributed by atoms with Crippen molar-refractivity contribution in [3.05, 3.63) is 47.3 Å². The van der Waals surface area contributed by atoms with E-state index in [2.05, 4.69) is 22.4 Å². The molecule has 1 saturated carbocycles. The average Bonchev–Trinajstić information content (AvgIpc) is 3.42. The summed E-state index contributed by atoms with van der Waals surface area (Å²) in [6.45, 7) is 2.01. The maximum absolute atomic E-state index is 12.9. The van der Waals surface area contributed by atoms with Crippen molar-refractivity contribution in [2.75, 3.05) is 19.8 Å². The summed E-state index contributed by atoms with van der Waals surface area (Å²) < 4.78 is 7.76. The molecule has 0 radical (unpaired) electrons. The lowest BCUT2D eigenvalue weighted by atomic mass is 10.0. The van der Waals surface area contributed by atoms with Crippen molar-refractivity contribution in [1.29, 1.82) is 0 Å². The first-order chi connectivity index (χ1) is 12.7. The molecule has 1 unspecified atom stereocenters. The number of aromatic nitrogens is 3. The second kappa shape index (κ2) is 7.58. The van der Waals surface area contributed by atoms with Crippen LogP contribution in [0.2, 0.25) is 0 Å². The molecule has 0 saturated heterocycles. The Labute approximate surface area is 154 Å². The van der Waals surface area contributed by atoms with Crippen LogP contribution >= 0.6 is 0 Å². The van der Waals surface area contributed by atoms with Crippen LogP contribution < -0.4 is 0 Å². The molecule has 6 nitrogen and oxygen atoms in total. The summed E-state index contributed by atoms with van der Waals surface area (Å²) in [7, 11) is 1.92. The lowest BCUT2D eigenvalue weighted by Crippen LogP contribution is -2.42.